The smallest absolute Gasteiger partial charge is 0.113 e. The maximum absolute atomic E-state index is 5.67. The summed E-state index contributed by atoms with van der Waals surface area (Å²) in [6.07, 6.45) is 1.78. The van der Waals surface area contributed by atoms with Gasteiger partial charge in [-0.2, -0.15) is 0 Å². The first kappa shape index (κ1) is 8.05. The van der Waals surface area contributed by atoms with Crippen LogP contribution in [0, 0.1) is 0 Å². The van der Waals surface area contributed by atoms with E-state index in [4.69, 9.17) is 7.85 Å². The number of benzene rings is 1. The summed E-state index contributed by atoms with van der Waals surface area (Å²) in [5.41, 5.74) is 2.78. The lowest BCUT2D eigenvalue weighted by Crippen LogP contribution is -2.00. The lowest BCUT2D eigenvalue weighted by molar-refractivity contribution is 1.33. The monoisotopic (exact) mass is 165 g/mol. The van der Waals surface area contributed by atoms with E-state index in [0.29, 0.717) is 0 Å². The summed E-state index contributed by atoms with van der Waals surface area (Å²) < 4.78 is 0. The summed E-state index contributed by atoms with van der Waals surface area (Å²) >= 11 is 0. The molecule has 0 aliphatic carbocycles. The van der Waals surface area contributed by atoms with Gasteiger partial charge >= 0.3 is 0 Å². The highest BCUT2D eigenvalue weighted by Gasteiger charge is 1.95. The fourth-order valence-corrected chi connectivity index (χ4v) is 1.23. The first-order chi connectivity index (χ1) is 6.36. The van der Waals surface area contributed by atoms with Crippen molar-refractivity contribution in [3.05, 3.63) is 48.7 Å². The topological polar surface area (TPSA) is 12.9 Å². The Morgan fingerprint density at radius 3 is 2.62 bits per heavy atom. The molecule has 1 aromatic carbocycles. The first-order valence-electron chi connectivity index (χ1n) is 4.13. The largest absolute Gasteiger partial charge is 0.256 e. The average molecular weight is 165 g/mol. The Kier molecular flexibility index (Phi) is 2.13. The highest BCUT2D eigenvalue weighted by atomic mass is 14.7. The van der Waals surface area contributed by atoms with Crippen LogP contribution in [0.3, 0.4) is 0 Å². The van der Waals surface area contributed by atoms with Gasteiger partial charge in [-0.15, -0.1) is 0 Å². The molecule has 2 radical (unpaired) electrons. The Hall–Kier alpha value is -1.57. The Balaban J connectivity index is 2.48. The van der Waals surface area contributed by atoms with Crippen LogP contribution in [0.5, 0.6) is 0 Å². The van der Waals surface area contributed by atoms with Gasteiger partial charge in [-0.1, -0.05) is 35.8 Å². The Labute approximate surface area is 78.9 Å². The van der Waals surface area contributed by atoms with Gasteiger partial charge in [0.1, 0.15) is 7.85 Å². The molecule has 1 aromatic heterocycles. The fourth-order valence-electron chi connectivity index (χ4n) is 1.23. The van der Waals surface area contributed by atoms with Crippen LogP contribution in [0.15, 0.2) is 48.7 Å². The van der Waals surface area contributed by atoms with Crippen molar-refractivity contribution in [3.8, 4) is 11.3 Å². The summed E-state index contributed by atoms with van der Waals surface area (Å²) in [4.78, 5) is 4.23. The molecule has 2 aromatic rings. The van der Waals surface area contributed by atoms with Crippen LogP contribution in [0.4, 0.5) is 0 Å². The maximum Gasteiger partial charge on any atom is 0.113 e. The number of nitrogens with zero attached hydrogens (tertiary/aromatic N) is 1. The number of hydrogen-bond acceptors (Lipinski definition) is 1. The minimum absolute atomic E-state index is 0.767. The zero-order chi connectivity index (χ0) is 9.10. The van der Waals surface area contributed by atoms with E-state index in [1.165, 1.54) is 0 Å². The lowest BCUT2D eigenvalue weighted by atomic mass is 9.94. The molecular formula is C11H8BN. The van der Waals surface area contributed by atoms with Crippen molar-refractivity contribution < 1.29 is 0 Å². The molecule has 0 aliphatic rings. The van der Waals surface area contributed by atoms with Gasteiger partial charge in [-0.3, -0.25) is 4.98 Å². The molecule has 60 valence electrons. The molecule has 0 aliphatic heterocycles. The molecular weight excluding hydrogens is 157 g/mol. The van der Waals surface area contributed by atoms with Crippen LogP contribution in [-0.2, 0) is 0 Å². The Morgan fingerprint density at radius 2 is 1.92 bits per heavy atom. The molecule has 0 saturated heterocycles. The van der Waals surface area contributed by atoms with Gasteiger partial charge in [0.25, 0.3) is 0 Å². The van der Waals surface area contributed by atoms with Crippen molar-refractivity contribution in [1.29, 1.82) is 0 Å². The third kappa shape index (κ3) is 1.78. The SMILES string of the molecule is [B]c1cccc(-c2ccccn2)c1. The van der Waals surface area contributed by atoms with Gasteiger partial charge < -0.3 is 0 Å². The summed E-state index contributed by atoms with van der Waals surface area (Å²) in [6, 6.07) is 13.5. The second-order valence-electron chi connectivity index (χ2n) is 2.84. The van der Waals surface area contributed by atoms with Crippen molar-refractivity contribution in [1.82, 2.24) is 4.98 Å². The maximum atomic E-state index is 5.67. The lowest BCUT2D eigenvalue weighted by Gasteiger charge is -2.00. The second kappa shape index (κ2) is 3.44. The Bertz CT molecular complexity index is 398. The third-order valence-electron chi connectivity index (χ3n) is 1.85. The van der Waals surface area contributed by atoms with Gasteiger partial charge in [0, 0.05) is 6.20 Å². The van der Waals surface area contributed by atoms with E-state index in [2.05, 4.69) is 4.98 Å². The molecule has 0 saturated carbocycles. The predicted molar refractivity (Wildman–Crippen MR) is 55.1 cm³/mol. The molecule has 1 nitrogen and oxygen atoms in total. The molecule has 2 heteroatoms. The fraction of sp³-hybridized carbons (Fsp3) is 0. The second-order valence-corrected chi connectivity index (χ2v) is 2.84. The zero-order valence-electron chi connectivity index (χ0n) is 7.14. The average Bonchev–Trinajstić information content (AvgIpc) is 2.19. The van der Waals surface area contributed by atoms with Crippen molar-refractivity contribution in [2.24, 2.45) is 0 Å². The van der Waals surface area contributed by atoms with Crippen molar-refractivity contribution in [3.63, 3.8) is 0 Å². The summed E-state index contributed by atoms with van der Waals surface area (Å²) in [7, 11) is 5.67. The van der Waals surface area contributed by atoms with Crippen LogP contribution >= 0.6 is 0 Å². The van der Waals surface area contributed by atoms with Crippen LogP contribution < -0.4 is 5.46 Å². The number of rotatable bonds is 1. The minimum atomic E-state index is 0.767. The van der Waals surface area contributed by atoms with E-state index in [-0.39, 0.29) is 0 Å². The molecule has 0 N–H and O–H groups in total. The quantitative estimate of drug-likeness (QED) is 0.584. The van der Waals surface area contributed by atoms with Gasteiger partial charge in [0.15, 0.2) is 0 Å². The number of hydrogen-bond donors (Lipinski definition) is 0. The Morgan fingerprint density at radius 1 is 1.00 bits per heavy atom. The van der Waals surface area contributed by atoms with Crippen molar-refractivity contribution >= 4 is 13.3 Å². The molecule has 1 heterocycles. The van der Waals surface area contributed by atoms with Crippen molar-refractivity contribution in [2.75, 3.05) is 0 Å². The van der Waals surface area contributed by atoms with E-state index in [0.717, 1.165) is 16.7 Å². The molecule has 13 heavy (non-hydrogen) atoms. The normalized spacial score (nSPS) is 9.85. The highest BCUT2D eigenvalue weighted by Crippen LogP contribution is 2.13. The number of aromatic nitrogens is 1. The third-order valence-corrected chi connectivity index (χ3v) is 1.85. The van der Waals surface area contributed by atoms with Crippen LogP contribution in [-0.4, -0.2) is 12.8 Å². The van der Waals surface area contributed by atoms with E-state index in [1.807, 2.05) is 42.5 Å². The van der Waals surface area contributed by atoms with E-state index >= 15 is 0 Å². The summed E-state index contributed by atoms with van der Waals surface area (Å²) in [6.45, 7) is 0. The molecule has 0 fully saturated rings. The van der Waals surface area contributed by atoms with Crippen LogP contribution in [0.1, 0.15) is 0 Å². The molecule has 0 amide bonds. The van der Waals surface area contributed by atoms with Gasteiger partial charge in [0.05, 0.1) is 5.69 Å². The zero-order valence-corrected chi connectivity index (χ0v) is 7.14. The molecule has 2 rings (SSSR count). The first-order valence-corrected chi connectivity index (χ1v) is 4.13. The van der Waals surface area contributed by atoms with Gasteiger partial charge in [-0.25, -0.2) is 0 Å². The van der Waals surface area contributed by atoms with Crippen LogP contribution in [0.2, 0.25) is 0 Å². The van der Waals surface area contributed by atoms with E-state index in [9.17, 15) is 0 Å². The standard InChI is InChI=1S/C11H8BN/c12-10-5-3-4-9(8-10)11-6-1-2-7-13-11/h1-8H. The molecule has 0 unspecified atom stereocenters. The van der Waals surface area contributed by atoms with E-state index < -0.39 is 0 Å². The number of pyridine rings is 1. The summed E-state index contributed by atoms with van der Waals surface area (Å²) in [5.74, 6) is 0. The predicted octanol–water partition coefficient (Wildman–Crippen LogP) is 1.54. The van der Waals surface area contributed by atoms with Gasteiger partial charge in [-0.05, 0) is 17.7 Å². The highest BCUT2D eigenvalue weighted by molar-refractivity contribution is 6.32. The molecule has 0 spiro atoms. The van der Waals surface area contributed by atoms with Crippen molar-refractivity contribution in [2.45, 2.75) is 0 Å². The molecule has 0 atom stereocenters. The van der Waals surface area contributed by atoms with Gasteiger partial charge in [0.2, 0.25) is 0 Å². The van der Waals surface area contributed by atoms with Crippen LogP contribution in [0.25, 0.3) is 11.3 Å². The minimum Gasteiger partial charge on any atom is -0.256 e. The van der Waals surface area contributed by atoms with E-state index in [1.54, 1.807) is 6.20 Å². The molecule has 0 bridgehead atoms. The summed E-state index contributed by atoms with van der Waals surface area (Å²) in [5, 5.41) is 0.